The van der Waals surface area contributed by atoms with Gasteiger partial charge in [0.15, 0.2) is 0 Å². The van der Waals surface area contributed by atoms with E-state index in [-0.39, 0.29) is 17.2 Å². The third-order valence-corrected chi connectivity index (χ3v) is 3.21. The van der Waals surface area contributed by atoms with Crippen molar-refractivity contribution < 1.29 is 14.5 Å². The lowest BCUT2D eigenvalue weighted by molar-refractivity contribution is -0.385. The van der Waals surface area contributed by atoms with Gasteiger partial charge in [0.25, 0.3) is 11.6 Å². The normalized spacial score (nSPS) is 10.0. The summed E-state index contributed by atoms with van der Waals surface area (Å²) in [5, 5.41) is 16.2. The fraction of sp³-hybridized carbons (Fsp3) is 0.125. The Bertz CT molecular complexity index is 769. The Morgan fingerprint density at radius 1 is 1.00 bits per heavy atom. The average molecular weight is 313 g/mol. The van der Waals surface area contributed by atoms with E-state index in [4.69, 9.17) is 0 Å². The van der Waals surface area contributed by atoms with Crippen LogP contribution in [0.1, 0.15) is 22.8 Å². The summed E-state index contributed by atoms with van der Waals surface area (Å²) in [7, 11) is 0. The molecule has 2 amide bonds. The molecule has 0 aliphatic rings. The van der Waals surface area contributed by atoms with Gasteiger partial charge in [-0.25, -0.2) is 0 Å². The number of nitrogens with one attached hydrogen (secondary N) is 2. The maximum atomic E-state index is 12.3. The van der Waals surface area contributed by atoms with Crippen molar-refractivity contribution >= 4 is 28.9 Å². The van der Waals surface area contributed by atoms with Crippen molar-refractivity contribution in [2.75, 3.05) is 10.6 Å². The lowest BCUT2D eigenvalue weighted by Gasteiger charge is -2.09. The summed E-state index contributed by atoms with van der Waals surface area (Å²) in [6, 6.07) is 10.9. The fourth-order valence-corrected chi connectivity index (χ4v) is 2.11. The van der Waals surface area contributed by atoms with Crippen molar-refractivity contribution in [3.8, 4) is 0 Å². The molecule has 0 aliphatic heterocycles. The van der Waals surface area contributed by atoms with Gasteiger partial charge in [0.1, 0.15) is 0 Å². The molecule has 0 fully saturated rings. The minimum Gasteiger partial charge on any atom is -0.326 e. The number of nitrogens with zero attached hydrogens (tertiary/aromatic N) is 1. The number of hydrogen-bond donors (Lipinski definition) is 2. The van der Waals surface area contributed by atoms with Gasteiger partial charge in [-0.3, -0.25) is 19.7 Å². The molecular formula is C16H15N3O4. The number of amides is 2. The molecule has 118 valence electrons. The Morgan fingerprint density at radius 3 is 2.09 bits per heavy atom. The fourth-order valence-electron chi connectivity index (χ4n) is 2.11. The molecule has 0 bridgehead atoms. The monoisotopic (exact) mass is 313 g/mol. The number of rotatable bonds is 4. The second-order valence-corrected chi connectivity index (χ2v) is 4.92. The number of carbonyl (C=O) groups excluding carboxylic acids is 2. The molecule has 2 rings (SSSR count). The quantitative estimate of drug-likeness (QED) is 0.668. The highest BCUT2D eigenvalue weighted by molar-refractivity contribution is 6.06. The standard InChI is InChI=1S/C16H15N3O4/c1-10-14(4-3-5-15(10)19(22)23)16(21)18-13-8-6-12(7-9-13)17-11(2)20/h3-9H,1-2H3,(H,17,20)(H,18,21). The van der Waals surface area contributed by atoms with Crippen LogP contribution in [0.3, 0.4) is 0 Å². The molecule has 0 radical (unpaired) electrons. The van der Waals surface area contributed by atoms with Gasteiger partial charge in [-0.1, -0.05) is 6.07 Å². The largest absolute Gasteiger partial charge is 0.326 e. The number of anilines is 2. The summed E-state index contributed by atoms with van der Waals surface area (Å²) < 4.78 is 0. The SMILES string of the molecule is CC(=O)Nc1ccc(NC(=O)c2cccc([N+](=O)[O-])c2C)cc1. The molecule has 0 aromatic heterocycles. The summed E-state index contributed by atoms with van der Waals surface area (Å²) in [6.45, 7) is 2.94. The molecule has 0 heterocycles. The average Bonchev–Trinajstić information content (AvgIpc) is 2.48. The zero-order valence-corrected chi connectivity index (χ0v) is 12.6. The molecule has 2 aromatic rings. The van der Waals surface area contributed by atoms with Crippen molar-refractivity contribution in [2.45, 2.75) is 13.8 Å². The van der Waals surface area contributed by atoms with Gasteiger partial charge < -0.3 is 10.6 Å². The van der Waals surface area contributed by atoms with Gasteiger partial charge in [0.05, 0.1) is 4.92 Å². The molecule has 0 spiro atoms. The van der Waals surface area contributed by atoms with E-state index in [9.17, 15) is 19.7 Å². The zero-order valence-electron chi connectivity index (χ0n) is 12.6. The number of benzene rings is 2. The molecule has 7 nitrogen and oxygen atoms in total. The van der Waals surface area contributed by atoms with Crippen molar-refractivity contribution in [3.63, 3.8) is 0 Å². The van der Waals surface area contributed by atoms with E-state index in [1.165, 1.54) is 32.0 Å². The van der Waals surface area contributed by atoms with Crippen molar-refractivity contribution in [1.29, 1.82) is 0 Å². The second kappa shape index (κ2) is 6.69. The molecule has 7 heteroatoms. The van der Waals surface area contributed by atoms with Crippen LogP contribution in [0.15, 0.2) is 42.5 Å². The van der Waals surface area contributed by atoms with Crippen molar-refractivity contribution in [3.05, 3.63) is 63.7 Å². The molecule has 0 unspecified atom stereocenters. The van der Waals surface area contributed by atoms with Crippen LogP contribution in [0.25, 0.3) is 0 Å². The van der Waals surface area contributed by atoms with E-state index in [0.29, 0.717) is 16.9 Å². The van der Waals surface area contributed by atoms with E-state index in [1.807, 2.05) is 0 Å². The van der Waals surface area contributed by atoms with Gasteiger partial charge in [0.2, 0.25) is 5.91 Å². The van der Waals surface area contributed by atoms with Gasteiger partial charge in [-0.2, -0.15) is 0 Å². The van der Waals surface area contributed by atoms with Crippen molar-refractivity contribution in [2.24, 2.45) is 0 Å². The summed E-state index contributed by atoms with van der Waals surface area (Å²) in [5.74, 6) is -0.618. The molecule has 0 saturated heterocycles. The van der Waals surface area contributed by atoms with Crippen LogP contribution in [-0.2, 0) is 4.79 Å². The van der Waals surface area contributed by atoms with Crippen molar-refractivity contribution in [1.82, 2.24) is 0 Å². The van der Waals surface area contributed by atoms with E-state index in [2.05, 4.69) is 10.6 Å². The van der Waals surface area contributed by atoms with Gasteiger partial charge >= 0.3 is 0 Å². The summed E-state index contributed by atoms with van der Waals surface area (Å²) in [6.07, 6.45) is 0. The van der Waals surface area contributed by atoms with Crippen LogP contribution in [-0.4, -0.2) is 16.7 Å². The predicted molar refractivity (Wildman–Crippen MR) is 86.5 cm³/mol. The maximum Gasteiger partial charge on any atom is 0.273 e. The highest BCUT2D eigenvalue weighted by atomic mass is 16.6. The molecular weight excluding hydrogens is 298 g/mol. The topological polar surface area (TPSA) is 101 Å². The Labute approximate surface area is 132 Å². The van der Waals surface area contributed by atoms with E-state index < -0.39 is 10.8 Å². The Hall–Kier alpha value is -3.22. The second-order valence-electron chi connectivity index (χ2n) is 4.92. The molecule has 23 heavy (non-hydrogen) atoms. The first-order valence-electron chi connectivity index (χ1n) is 6.81. The van der Waals surface area contributed by atoms with Crippen LogP contribution in [0.2, 0.25) is 0 Å². The Morgan fingerprint density at radius 2 is 1.57 bits per heavy atom. The first-order valence-corrected chi connectivity index (χ1v) is 6.81. The predicted octanol–water partition coefficient (Wildman–Crippen LogP) is 3.11. The highest BCUT2D eigenvalue weighted by Crippen LogP contribution is 2.22. The molecule has 2 aromatic carbocycles. The van der Waals surface area contributed by atoms with Crippen LogP contribution < -0.4 is 10.6 Å². The lowest BCUT2D eigenvalue weighted by atomic mass is 10.1. The van der Waals surface area contributed by atoms with Crippen LogP contribution in [0, 0.1) is 17.0 Å². The highest BCUT2D eigenvalue weighted by Gasteiger charge is 2.17. The number of hydrogen-bond acceptors (Lipinski definition) is 4. The molecule has 2 N–H and O–H groups in total. The summed E-state index contributed by atoms with van der Waals surface area (Å²) in [5.41, 5.74) is 1.59. The summed E-state index contributed by atoms with van der Waals surface area (Å²) >= 11 is 0. The number of nitro groups is 1. The van der Waals surface area contributed by atoms with Gasteiger partial charge in [-0.15, -0.1) is 0 Å². The summed E-state index contributed by atoms with van der Waals surface area (Å²) in [4.78, 5) is 33.6. The van der Waals surface area contributed by atoms with E-state index in [0.717, 1.165) is 0 Å². The van der Waals surface area contributed by atoms with Crippen LogP contribution >= 0.6 is 0 Å². The third kappa shape index (κ3) is 3.91. The van der Waals surface area contributed by atoms with Gasteiger partial charge in [0, 0.05) is 35.5 Å². The lowest BCUT2D eigenvalue weighted by Crippen LogP contribution is -2.14. The van der Waals surface area contributed by atoms with E-state index in [1.54, 1.807) is 24.3 Å². The minimum absolute atomic E-state index is 0.0985. The van der Waals surface area contributed by atoms with Gasteiger partial charge in [-0.05, 0) is 37.3 Å². The van der Waals surface area contributed by atoms with Crippen LogP contribution in [0.4, 0.5) is 17.1 Å². The maximum absolute atomic E-state index is 12.3. The number of carbonyl (C=O) groups is 2. The first-order chi connectivity index (χ1) is 10.9. The zero-order chi connectivity index (χ0) is 17.0. The van der Waals surface area contributed by atoms with Crippen LogP contribution in [0.5, 0.6) is 0 Å². The first kappa shape index (κ1) is 16.2. The molecule has 0 atom stereocenters. The molecule has 0 saturated carbocycles. The smallest absolute Gasteiger partial charge is 0.273 e. The molecule has 0 aliphatic carbocycles. The Kier molecular flexibility index (Phi) is 4.70. The Balaban J connectivity index is 2.18. The van der Waals surface area contributed by atoms with E-state index >= 15 is 0 Å². The third-order valence-electron chi connectivity index (χ3n) is 3.21. The number of nitro benzene ring substituents is 1. The minimum atomic E-state index is -0.520.